The van der Waals surface area contributed by atoms with Crippen molar-refractivity contribution in [3.8, 4) is 0 Å². The predicted molar refractivity (Wildman–Crippen MR) is 94.6 cm³/mol. The summed E-state index contributed by atoms with van der Waals surface area (Å²) in [6, 6.07) is 11.7. The summed E-state index contributed by atoms with van der Waals surface area (Å²) in [5.74, 6) is 0. The highest BCUT2D eigenvalue weighted by Gasteiger charge is 2.17. The molecule has 1 aromatic heterocycles. The van der Waals surface area contributed by atoms with Crippen LogP contribution in [0.3, 0.4) is 0 Å². The summed E-state index contributed by atoms with van der Waals surface area (Å²) in [5, 5.41) is 13.5. The maximum atomic E-state index is 6.58. The Labute approximate surface area is 145 Å². The Hall–Kier alpha value is -1.32. The molecule has 0 amide bonds. The van der Waals surface area contributed by atoms with Crippen LogP contribution in [-0.4, -0.2) is 10.2 Å². The smallest absolute Gasteiger partial charge is 0.149 e. The van der Waals surface area contributed by atoms with Crippen LogP contribution in [0.1, 0.15) is 0 Å². The van der Waals surface area contributed by atoms with Crippen LogP contribution in [-0.2, 0) is 0 Å². The zero-order valence-electron chi connectivity index (χ0n) is 10.9. The van der Waals surface area contributed by atoms with E-state index in [1.807, 2.05) is 36.4 Å². The van der Waals surface area contributed by atoms with Gasteiger partial charge in [-0.15, -0.1) is 10.2 Å². The average Bonchev–Trinajstić information content (AvgIpc) is 2.51. The first kappa shape index (κ1) is 14.3. The minimum Gasteiger partial charge on any atom is -0.149 e. The van der Waals surface area contributed by atoms with E-state index in [-0.39, 0.29) is 10.2 Å². The van der Waals surface area contributed by atoms with E-state index in [0.717, 1.165) is 21.5 Å². The highest BCUT2D eigenvalue weighted by atomic mass is 35.5. The van der Waals surface area contributed by atoms with Crippen LogP contribution >= 0.6 is 46.4 Å². The van der Waals surface area contributed by atoms with Crippen LogP contribution in [0.4, 0.5) is 0 Å². The molecule has 6 heteroatoms. The number of fused-ring (bicyclic) bond motifs is 3. The van der Waals surface area contributed by atoms with E-state index in [0.29, 0.717) is 20.9 Å². The SMILES string of the molecule is Clc1nnc2cc3cc4ccccc4c(Cl)c3c(Cl)c2c1Cl. The lowest BCUT2D eigenvalue weighted by Gasteiger charge is -2.11. The molecule has 4 rings (SSSR count). The van der Waals surface area contributed by atoms with Gasteiger partial charge in [0.1, 0.15) is 0 Å². The van der Waals surface area contributed by atoms with Gasteiger partial charge >= 0.3 is 0 Å². The van der Waals surface area contributed by atoms with Crippen LogP contribution in [0.15, 0.2) is 36.4 Å². The minimum absolute atomic E-state index is 0.118. The third-order valence-corrected chi connectivity index (χ3v) is 5.15. The molecule has 2 nitrogen and oxygen atoms in total. The summed E-state index contributed by atoms with van der Waals surface area (Å²) in [4.78, 5) is 0. The van der Waals surface area contributed by atoms with Crippen LogP contribution in [0.5, 0.6) is 0 Å². The second-order valence-electron chi connectivity index (χ2n) is 4.90. The Morgan fingerprint density at radius 1 is 0.682 bits per heavy atom. The molecule has 108 valence electrons. The number of halogens is 4. The predicted octanol–water partition coefficient (Wildman–Crippen LogP) is 6.55. The highest BCUT2D eigenvalue weighted by Crippen LogP contribution is 2.42. The van der Waals surface area contributed by atoms with E-state index in [2.05, 4.69) is 10.2 Å². The summed E-state index contributed by atoms with van der Waals surface area (Å²) in [5.41, 5.74) is 0.582. The van der Waals surface area contributed by atoms with Gasteiger partial charge in [-0.1, -0.05) is 70.7 Å². The molecule has 0 bridgehead atoms. The van der Waals surface area contributed by atoms with Gasteiger partial charge in [0.25, 0.3) is 0 Å². The molecule has 0 aliphatic carbocycles. The molecule has 0 atom stereocenters. The fourth-order valence-electron chi connectivity index (χ4n) is 2.65. The molecule has 0 saturated carbocycles. The fourth-order valence-corrected chi connectivity index (χ4v) is 3.88. The monoisotopic (exact) mass is 366 g/mol. The summed E-state index contributed by atoms with van der Waals surface area (Å²) >= 11 is 25.3. The fraction of sp³-hybridized carbons (Fsp3) is 0. The van der Waals surface area contributed by atoms with Gasteiger partial charge in [-0.2, -0.15) is 0 Å². The molecule has 4 aromatic rings. The molecule has 0 spiro atoms. The number of hydrogen-bond donors (Lipinski definition) is 0. The van der Waals surface area contributed by atoms with Crippen LogP contribution in [0.2, 0.25) is 20.2 Å². The molecule has 3 aromatic carbocycles. The van der Waals surface area contributed by atoms with E-state index in [1.165, 1.54) is 0 Å². The van der Waals surface area contributed by atoms with Gasteiger partial charge in [0, 0.05) is 16.2 Å². The van der Waals surface area contributed by atoms with Crippen molar-refractivity contribution in [3.63, 3.8) is 0 Å². The van der Waals surface area contributed by atoms with Gasteiger partial charge in [0.2, 0.25) is 0 Å². The van der Waals surface area contributed by atoms with E-state index in [9.17, 15) is 0 Å². The van der Waals surface area contributed by atoms with Crippen molar-refractivity contribution < 1.29 is 0 Å². The van der Waals surface area contributed by atoms with Crippen LogP contribution in [0, 0.1) is 0 Å². The Morgan fingerprint density at radius 3 is 2.27 bits per heavy atom. The van der Waals surface area contributed by atoms with Crippen molar-refractivity contribution in [2.45, 2.75) is 0 Å². The molecule has 22 heavy (non-hydrogen) atoms. The maximum absolute atomic E-state index is 6.58. The van der Waals surface area contributed by atoms with E-state index < -0.39 is 0 Å². The number of nitrogens with zero attached hydrogens (tertiary/aromatic N) is 2. The first-order chi connectivity index (χ1) is 10.6. The minimum atomic E-state index is 0.118. The molecule has 1 heterocycles. The molecular weight excluding hydrogens is 362 g/mol. The third-order valence-electron chi connectivity index (χ3n) is 3.65. The molecule has 0 radical (unpaired) electrons. The van der Waals surface area contributed by atoms with Gasteiger partial charge in [0.15, 0.2) is 5.15 Å². The van der Waals surface area contributed by atoms with E-state index in [1.54, 1.807) is 0 Å². The van der Waals surface area contributed by atoms with Crippen molar-refractivity contribution in [1.29, 1.82) is 0 Å². The van der Waals surface area contributed by atoms with Crippen molar-refractivity contribution in [3.05, 3.63) is 56.6 Å². The Kier molecular flexibility index (Phi) is 3.31. The van der Waals surface area contributed by atoms with Crippen LogP contribution < -0.4 is 0 Å². The molecular formula is C16H6Cl4N2. The summed E-state index contributed by atoms with van der Waals surface area (Å²) in [7, 11) is 0. The summed E-state index contributed by atoms with van der Waals surface area (Å²) < 4.78 is 0. The summed E-state index contributed by atoms with van der Waals surface area (Å²) in [6.45, 7) is 0. The molecule has 0 fully saturated rings. The zero-order chi connectivity index (χ0) is 15.4. The number of hydrogen-bond acceptors (Lipinski definition) is 2. The largest absolute Gasteiger partial charge is 0.170 e. The molecule has 0 N–H and O–H groups in total. The highest BCUT2D eigenvalue weighted by molar-refractivity contribution is 6.51. The van der Waals surface area contributed by atoms with Crippen molar-refractivity contribution >= 4 is 78.9 Å². The topological polar surface area (TPSA) is 25.8 Å². The van der Waals surface area contributed by atoms with Crippen LogP contribution in [0.25, 0.3) is 32.4 Å². The molecule has 0 aliphatic rings. The molecule has 0 saturated heterocycles. The number of benzene rings is 3. The normalized spacial score (nSPS) is 11.6. The van der Waals surface area contributed by atoms with Gasteiger partial charge in [-0.25, -0.2) is 0 Å². The lowest BCUT2D eigenvalue weighted by atomic mass is 10.0. The third kappa shape index (κ3) is 1.95. The Bertz CT molecular complexity index is 1080. The standard InChI is InChI=1S/C16H6Cl4N2/c17-13-9-4-2-1-3-7(9)5-8-6-10-12(14(18)11(8)13)15(19)16(20)22-21-10/h1-6H. The lowest BCUT2D eigenvalue weighted by Crippen LogP contribution is -1.90. The number of rotatable bonds is 0. The Balaban J connectivity index is 2.31. The van der Waals surface area contributed by atoms with Gasteiger partial charge < -0.3 is 0 Å². The maximum Gasteiger partial charge on any atom is 0.170 e. The van der Waals surface area contributed by atoms with Crippen molar-refractivity contribution in [2.24, 2.45) is 0 Å². The van der Waals surface area contributed by atoms with Crippen molar-refractivity contribution in [2.75, 3.05) is 0 Å². The van der Waals surface area contributed by atoms with E-state index >= 15 is 0 Å². The van der Waals surface area contributed by atoms with Crippen molar-refractivity contribution in [1.82, 2.24) is 10.2 Å². The lowest BCUT2D eigenvalue weighted by molar-refractivity contribution is 1.08. The second-order valence-corrected chi connectivity index (χ2v) is 6.39. The quantitative estimate of drug-likeness (QED) is 0.329. The molecule has 0 unspecified atom stereocenters. The second kappa shape index (κ2) is 5.10. The molecule has 0 aliphatic heterocycles. The van der Waals surface area contributed by atoms with Gasteiger partial charge in [-0.05, 0) is 22.9 Å². The van der Waals surface area contributed by atoms with Gasteiger partial charge in [-0.3, -0.25) is 0 Å². The number of aromatic nitrogens is 2. The first-order valence-corrected chi connectivity index (χ1v) is 7.90. The van der Waals surface area contributed by atoms with E-state index in [4.69, 9.17) is 46.4 Å². The zero-order valence-corrected chi connectivity index (χ0v) is 13.9. The summed E-state index contributed by atoms with van der Waals surface area (Å²) in [6.07, 6.45) is 0. The average molecular weight is 368 g/mol. The van der Waals surface area contributed by atoms with Gasteiger partial charge in [0.05, 0.1) is 20.6 Å². The Morgan fingerprint density at radius 2 is 1.45 bits per heavy atom. The first-order valence-electron chi connectivity index (χ1n) is 6.39.